The highest BCUT2D eigenvalue weighted by Crippen LogP contribution is 2.40. The van der Waals surface area contributed by atoms with E-state index in [9.17, 15) is 4.79 Å². The lowest BCUT2D eigenvalue weighted by Crippen LogP contribution is -2.41. The SMILES string of the molecule is O=C(O)[C@H]1CC2(CCN(c3ccc(Cl)cn3)CC2)CN1. The van der Waals surface area contributed by atoms with Crippen molar-refractivity contribution in [1.29, 1.82) is 0 Å². The van der Waals surface area contributed by atoms with E-state index in [0.717, 1.165) is 44.7 Å². The fraction of sp³-hybridized carbons (Fsp3) is 0.571. The average Bonchev–Trinajstić information content (AvgIpc) is 2.85. The number of rotatable bonds is 2. The van der Waals surface area contributed by atoms with Crippen LogP contribution in [-0.4, -0.2) is 41.7 Å². The molecule has 2 aliphatic heterocycles. The van der Waals surface area contributed by atoms with Crippen LogP contribution in [0, 0.1) is 5.41 Å². The van der Waals surface area contributed by atoms with Crippen LogP contribution in [0.25, 0.3) is 0 Å². The van der Waals surface area contributed by atoms with Crippen LogP contribution in [0.1, 0.15) is 19.3 Å². The summed E-state index contributed by atoms with van der Waals surface area (Å²) >= 11 is 5.85. The summed E-state index contributed by atoms with van der Waals surface area (Å²) in [5.74, 6) is 0.216. The Morgan fingerprint density at radius 2 is 2.20 bits per heavy atom. The second-order valence-corrected chi connectivity index (χ2v) is 6.23. The van der Waals surface area contributed by atoms with Gasteiger partial charge >= 0.3 is 5.97 Å². The van der Waals surface area contributed by atoms with E-state index < -0.39 is 5.97 Å². The molecule has 3 rings (SSSR count). The van der Waals surface area contributed by atoms with Gasteiger partial charge in [0.1, 0.15) is 11.9 Å². The normalized spacial score (nSPS) is 25.1. The van der Waals surface area contributed by atoms with E-state index in [0.29, 0.717) is 5.02 Å². The summed E-state index contributed by atoms with van der Waals surface area (Å²) in [6, 6.07) is 3.41. The van der Waals surface area contributed by atoms with Crippen LogP contribution < -0.4 is 10.2 Å². The molecule has 0 radical (unpaired) electrons. The summed E-state index contributed by atoms with van der Waals surface area (Å²) in [4.78, 5) is 17.6. The highest BCUT2D eigenvalue weighted by molar-refractivity contribution is 6.30. The number of hydrogen-bond donors (Lipinski definition) is 2. The Kier molecular flexibility index (Phi) is 3.56. The Morgan fingerprint density at radius 3 is 2.75 bits per heavy atom. The number of aliphatic carboxylic acids is 1. The van der Waals surface area contributed by atoms with E-state index in [-0.39, 0.29) is 11.5 Å². The summed E-state index contributed by atoms with van der Waals surface area (Å²) < 4.78 is 0. The number of carboxylic acid groups (broad SMARTS) is 1. The summed E-state index contributed by atoms with van der Waals surface area (Å²) in [6.07, 6.45) is 4.42. The van der Waals surface area contributed by atoms with Crippen molar-refractivity contribution < 1.29 is 9.90 Å². The third-order valence-electron chi connectivity index (χ3n) is 4.52. The monoisotopic (exact) mass is 295 g/mol. The van der Waals surface area contributed by atoms with Crippen LogP contribution in [0.3, 0.4) is 0 Å². The second kappa shape index (κ2) is 5.22. The van der Waals surface area contributed by atoms with Gasteiger partial charge in [-0.15, -0.1) is 0 Å². The molecule has 1 aromatic heterocycles. The average molecular weight is 296 g/mol. The molecule has 2 aliphatic rings. The maximum absolute atomic E-state index is 11.0. The van der Waals surface area contributed by atoms with E-state index >= 15 is 0 Å². The molecule has 0 saturated carbocycles. The van der Waals surface area contributed by atoms with Gasteiger partial charge in [-0.1, -0.05) is 11.6 Å². The van der Waals surface area contributed by atoms with E-state index in [2.05, 4.69) is 15.2 Å². The Labute approximate surface area is 122 Å². The molecule has 6 heteroatoms. The Hall–Kier alpha value is -1.33. The van der Waals surface area contributed by atoms with Gasteiger partial charge < -0.3 is 15.3 Å². The van der Waals surface area contributed by atoms with E-state index in [1.54, 1.807) is 6.20 Å². The fourth-order valence-electron chi connectivity index (χ4n) is 3.24. The van der Waals surface area contributed by atoms with E-state index in [4.69, 9.17) is 16.7 Å². The molecule has 0 aliphatic carbocycles. The van der Waals surface area contributed by atoms with Crippen molar-refractivity contribution in [2.75, 3.05) is 24.5 Å². The molecule has 0 unspecified atom stereocenters. The Balaban J connectivity index is 1.62. The molecule has 0 bridgehead atoms. The molecule has 2 N–H and O–H groups in total. The van der Waals surface area contributed by atoms with Gasteiger partial charge in [-0.2, -0.15) is 0 Å². The van der Waals surface area contributed by atoms with Crippen LogP contribution in [0.15, 0.2) is 18.3 Å². The second-order valence-electron chi connectivity index (χ2n) is 5.80. The molecule has 2 fully saturated rings. The van der Waals surface area contributed by atoms with Gasteiger partial charge in [0.15, 0.2) is 0 Å². The standard InChI is InChI=1S/C14H18ClN3O2/c15-10-1-2-12(16-8-10)18-5-3-14(4-6-18)7-11(13(19)20)17-9-14/h1-2,8,11,17H,3-7,9H2,(H,19,20)/t11-/m1/s1. The first kappa shape index (κ1) is 13.6. The first-order chi connectivity index (χ1) is 9.58. The van der Waals surface area contributed by atoms with Crippen molar-refractivity contribution in [3.8, 4) is 0 Å². The number of nitrogens with one attached hydrogen (secondary N) is 1. The van der Waals surface area contributed by atoms with Crippen molar-refractivity contribution in [2.24, 2.45) is 5.41 Å². The number of halogens is 1. The predicted molar refractivity (Wildman–Crippen MR) is 77.2 cm³/mol. The molecule has 1 aromatic rings. The molecule has 0 aromatic carbocycles. The number of piperidine rings is 1. The van der Waals surface area contributed by atoms with Gasteiger partial charge in [-0.05, 0) is 36.8 Å². The van der Waals surface area contributed by atoms with Gasteiger partial charge in [-0.3, -0.25) is 4.79 Å². The van der Waals surface area contributed by atoms with Gasteiger partial charge in [0.05, 0.1) is 5.02 Å². The topological polar surface area (TPSA) is 65.5 Å². The Bertz CT molecular complexity index is 498. The molecule has 20 heavy (non-hydrogen) atoms. The quantitative estimate of drug-likeness (QED) is 0.870. The number of nitrogens with zero attached hydrogens (tertiary/aromatic N) is 2. The van der Waals surface area contributed by atoms with E-state index in [1.807, 2.05) is 12.1 Å². The van der Waals surface area contributed by atoms with Crippen LogP contribution in [0.5, 0.6) is 0 Å². The highest BCUT2D eigenvalue weighted by atomic mass is 35.5. The smallest absolute Gasteiger partial charge is 0.320 e. The van der Waals surface area contributed by atoms with Crippen LogP contribution in [-0.2, 0) is 4.79 Å². The maximum Gasteiger partial charge on any atom is 0.320 e. The molecule has 108 valence electrons. The zero-order valence-electron chi connectivity index (χ0n) is 11.2. The molecule has 0 amide bonds. The van der Waals surface area contributed by atoms with Crippen molar-refractivity contribution in [3.63, 3.8) is 0 Å². The van der Waals surface area contributed by atoms with Gasteiger partial charge in [-0.25, -0.2) is 4.98 Å². The molecule has 2 saturated heterocycles. The summed E-state index contributed by atoms with van der Waals surface area (Å²) in [5, 5.41) is 12.9. The fourth-order valence-corrected chi connectivity index (χ4v) is 3.35. The molecule has 1 spiro atoms. The molecule has 3 heterocycles. The first-order valence-corrected chi connectivity index (χ1v) is 7.29. The predicted octanol–water partition coefficient (Wildman–Crippen LogP) is 1.77. The number of pyridine rings is 1. The number of aromatic nitrogens is 1. The summed E-state index contributed by atoms with van der Waals surface area (Å²) in [5.41, 5.74) is 0.145. The van der Waals surface area contributed by atoms with Crippen molar-refractivity contribution >= 4 is 23.4 Å². The van der Waals surface area contributed by atoms with Crippen LogP contribution >= 0.6 is 11.6 Å². The summed E-state index contributed by atoms with van der Waals surface area (Å²) in [7, 11) is 0. The Morgan fingerprint density at radius 1 is 1.45 bits per heavy atom. The number of carboxylic acids is 1. The molecule has 5 nitrogen and oxygen atoms in total. The number of carbonyl (C=O) groups is 1. The van der Waals surface area contributed by atoms with Gasteiger partial charge in [0, 0.05) is 25.8 Å². The maximum atomic E-state index is 11.0. The van der Waals surface area contributed by atoms with Crippen LogP contribution in [0.4, 0.5) is 5.82 Å². The zero-order valence-corrected chi connectivity index (χ0v) is 11.9. The lowest BCUT2D eigenvalue weighted by molar-refractivity contribution is -0.139. The van der Waals surface area contributed by atoms with Crippen molar-refractivity contribution in [2.45, 2.75) is 25.3 Å². The molecular weight excluding hydrogens is 278 g/mol. The summed E-state index contributed by atoms with van der Waals surface area (Å²) in [6.45, 7) is 2.65. The lowest BCUT2D eigenvalue weighted by atomic mass is 9.76. The first-order valence-electron chi connectivity index (χ1n) is 6.91. The molecular formula is C14H18ClN3O2. The lowest BCUT2D eigenvalue weighted by Gasteiger charge is -2.39. The third kappa shape index (κ3) is 2.60. The number of anilines is 1. The van der Waals surface area contributed by atoms with Crippen molar-refractivity contribution in [1.82, 2.24) is 10.3 Å². The van der Waals surface area contributed by atoms with E-state index in [1.165, 1.54) is 0 Å². The minimum atomic E-state index is -0.733. The highest BCUT2D eigenvalue weighted by Gasteiger charge is 2.43. The largest absolute Gasteiger partial charge is 0.480 e. The molecule has 1 atom stereocenters. The van der Waals surface area contributed by atoms with Gasteiger partial charge in [0.25, 0.3) is 0 Å². The van der Waals surface area contributed by atoms with Crippen molar-refractivity contribution in [3.05, 3.63) is 23.4 Å². The number of hydrogen-bond acceptors (Lipinski definition) is 4. The minimum Gasteiger partial charge on any atom is -0.480 e. The minimum absolute atomic E-state index is 0.145. The zero-order chi connectivity index (χ0) is 14.2. The third-order valence-corrected chi connectivity index (χ3v) is 4.74. The van der Waals surface area contributed by atoms with Gasteiger partial charge in [0.2, 0.25) is 0 Å². The van der Waals surface area contributed by atoms with Crippen LogP contribution in [0.2, 0.25) is 5.02 Å².